The highest BCUT2D eigenvalue weighted by Crippen LogP contribution is 2.42. The molecule has 0 bridgehead atoms. The largest absolute Gasteiger partial charge is 0.493 e. The van der Waals surface area contributed by atoms with Gasteiger partial charge < -0.3 is 28.3 Å². The number of rotatable bonds is 6. The number of nitrogens with one attached hydrogen (secondary N) is 2. The minimum atomic E-state index is -0.781. The van der Waals surface area contributed by atoms with E-state index in [4.69, 9.17) is 28.8 Å². The predicted octanol–water partition coefficient (Wildman–Crippen LogP) is 2.78. The first-order valence-electron chi connectivity index (χ1n) is 9.09. The SMILES string of the molecule is CCOC(=O)c1c(-c2cc(OC)c(OC)c(OC)c2)c2c(=O)[nH]c(C)cc2oc1=N. The number of aryl methyl sites for hydroxylation is 1. The van der Waals surface area contributed by atoms with Gasteiger partial charge in [-0.3, -0.25) is 10.2 Å². The monoisotopic (exact) mass is 414 g/mol. The Labute approximate surface area is 171 Å². The summed E-state index contributed by atoms with van der Waals surface area (Å²) in [7, 11) is 4.38. The smallest absolute Gasteiger partial charge is 0.344 e. The van der Waals surface area contributed by atoms with Crippen LogP contribution in [0, 0.1) is 12.3 Å². The van der Waals surface area contributed by atoms with E-state index in [1.807, 2.05) is 0 Å². The number of methoxy groups -OCH3 is 3. The van der Waals surface area contributed by atoms with Crippen molar-refractivity contribution >= 4 is 16.9 Å². The van der Waals surface area contributed by atoms with Crippen molar-refractivity contribution in [2.75, 3.05) is 27.9 Å². The molecular weight excluding hydrogens is 392 g/mol. The van der Waals surface area contributed by atoms with E-state index >= 15 is 0 Å². The molecule has 158 valence electrons. The third-order valence-electron chi connectivity index (χ3n) is 4.50. The zero-order valence-electron chi connectivity index (χ0n) is 17.3. The average Bonchev–Trinajstić information content (AvgIpc) is 2.71. The third-order valence-corrected chi connectivity index (χ3v) is 4.50. The van der Waals surface area contributed by atoms with Crippen molar-refractivity contribution in [3.05, 3.63) is 45.4 Å². The number of carbonyl (C=O) groups excluding carboxylic acids is 1. The summed E-state index contributed by atoms with van der Waals surface area (Å²) in [6.45, 7) is 3.43. The van der Waals surface area contributed by atoms with Gasteiger partial charge in [-0.2, -0.15) is 0 Å². The van der Waals surface area contributed by atoms with Crippen LogP contribution in [0.15, 0.2) is 27.4 Å². The quantitative estimate of drug-likeness (QED) is 0.594. The molecule has 0 unspecified atom stereocenters. The topological polar surface area (TPSA) is 124 Å². The maximum Gasteiger partial charge on any atom is 0.344 e. The molecule has 2 N–H and O–H groups in total. The summed E-state index contributed by atoms with van der Waals surface area (Å²) >= 11 is 0. The van der Waals surface area contributed by atoms with Gasteiger partial charge in [0.15, 0.2) is 11.5 Å². The number of esters is 1. The highest BCUT2D eigenvalue weighted by atomic mass is 16.5. The lowest BCUT2D eigenvalue weighted by Gasteiger charge is -2.16. The van der Waals surface area contributed by atoms with Gasteiger partial charge in [-0.1, -0.05) is 0 Å². The first-order valence-corrected chi connectivity index (χ1v) is 9.09. The van der Waals surface area contributed by atoms with E-state index in [1.54, 1.807) is 32.0 Å². The van der Waals surface area contributed by atoms with Crippen molar-refractivity contribution < 1.29 is 28.2 Å². The maximum absolute atomic E-state index is 12.9. The molecule has 1 aromatic carbocycles. The number of hydrogen-bond donors (Lipinski definition) is 2. The van der Waals surface area contributed by atoms with Crippen LogP contribution in [-0.4, -0.2) is 38.9 Å². The van der Waals surface area contributed by atoms with Crippen LogP contribution in [0.1, 0.15) is 23.0 Å². The molecule has 3 rings (SSSR count). The second-order valence-corrected chi connectivity index (χ2v) is 6.34. The van der Waals surface area contributed by atoms with Gasteiger partial charge in [0, 0.05) is 17.3 Å². The lowest BCUT2D eigenvalue weighted by atomic mass is 9.96. The second-order valence-electron chi connectivity index (χ2n) is 6.34. The second kappa shape index (κ2) is 8.32. The lowest BCUT2D eigenvalue weighted by molar-refractivity contribution is 0.0521. The van der Waals surface area contributed by atoms with E-state index in [9.17, 15) is 9.59 Å². The molecule has 0 saturated carbocycles. The van der Waals surface area contributed by atoms with Crippen LogP contribution in [0.4, 0.5) is 0 Å². The summed E-state index contributed by atoms with van der Waals surface area (Å²) in [6, 6.07) is 4.78. The molecule has 0 radical (unpaired) electrons. The highest BCUT2D eigenvalue weighted by molar-refractivity contribution is 6.06. The molecule has 3 aromatic rings. The molecule has 0 saturated heterocycles. The van der Waals surface area contributed by atoms with E-state index in [0.29, 0.717) is 28.5 Å². The first-order chi connectivity index (χ1) is 14.4. The Kier molecular flexibility index (Phi) is 5.81. The van der Waals surface area contributed by atoms with Crippen LogP contribution in [0.25, 0.3) is 22.1 Å². The van der Waals surface area contributed by atoms with Crippen molar-refractivity contribution in [1.82, 2.24) is 4.98 Å². The molecule has 0 spiro atoms. The minimum Gasteiger partial charge on any atom is -0.493 e. The zero-order chi connectivity index (χ0) is 22.0. The van der Waals surface area contributed by atoms with Gasteiger partial charge in [-0.25, -0.2) is 4.79 Å². The molecule has 0 aliphatic rings. The van der Waals surface area contributed by atoms with Crippen molar-refractivity contribution in [1.29, 1.82) is 5.41 Å². The summed E-state index contributed by atoms with van der Waals surface area (Å²) in [5, 5.41) is 8.41. The molecule has 0 fully saturated rings. The van der Waals surface area contributed by atoms with Crippen LogP contribution >= 0.6 is 0 Å². The average molecular weight is 414 g/mol. The molecule has 0 amide bonds. The van der Waals surface area contributed by atoms with Crippen molar-refractivity contribution in [2.24, 2.45) is 0 Å². The van der Waals surface area contributed by atoms with Crippen LogP contribution in [0.3, 0.4) is 0 Å². The van der Waals surface area contributed by atoms with E-state index in [0.717, 1.165) is 0 Å². The molecule has 0 atom stereocenters. The van der Waals surface area contributed by atoms with Crippen LogP contribution in [0.2, 0.25) is 0 Å². The van der Waals surface area contributed by atoms with Gasteiger partial charge in [0.1, 0.15) is 11.1 Å². The van der Waals surface area contributed by atoms with E-state index < -0.39 is 17.1 Å². The van der Waals surface area contributed by atoms with E-state index in [-0.39, 0.29) is 28.7 Å². The third kappa shape index (κ3) is 3.49. The van der Waals surface area contributed by atoms with Crippen LogP contribution in [0.5, 0.6) is 17.2 Å². The number of hydrogen-bond acceptors (Lipinski definition) is 8. The Hall–Kier alpha value is -3.75. The fourth-order valence-corrected chi connectivity index (χ4v) is 3.29. The molecular formula is C21H22N2O7. The van der Waals surface area contributed by atoms with Gasteiger partial charge in [0.2, 0.25) is 11.3 Å². The molecule has 9 nitrogen and oxygen atoms in total. The number of pyridine rings is 1. The predicted molar refractivity (Wildman–Crippen MR) is 108 cm³/mol. The summed E-state index contributed by atoms with van der Waals surface area (Å²) in [5.74, 6) is 0.218. The normalized spacial score (nSPS) is 10.7. The fraction of sp³-hybridized carbons (Fsp3) is 0.286. The number of ether oxygens (including phenoxy) is 4. The van der Waals surface area contributed by atoms with Gasteiger partial charge in [-0.15, -0.1) is 0 Å². The zero-order valence-corrected chi connectivity index (χ0v) is 17.3. The highest BCUT2D eigenvalue weighted by Gasteiger charge is 2.26. The van der Waals surface area contributed by atoms with E-state index in [1.165, 1.54) is 21.3 Å². The summed E-state index contributed by atoms with van der Waals surface area (Å²) in [6.07, 6.45) is 0. The Morgan fingerprint density at radius 3 is 2.27 bits per heavy atom. The maximum atomic E-state index is 12.9. The van der Waals surface area contributed by atoms with Gasteiger partial charge in [-0.05, 0) is 31.5 Å². The molecule has 9 heteroatoms. The number of fused-ring (bicyclic) bond motifs is 1. The number of aromatic nitrogens is 1. The van der Waals surface area contributed by atoms with Crippen molar-refractivity contribution in [3.8, 4) is 28.4 Å². The Balaban J connectivity index is 2.53. The number of aromatic amines is 1. The van der Waals surface area contributed by atoms with Gasteiger partial charge >= 0.3 is 5.97 Å². The first kappa shape index (κ1) is 21.0. The van der Waals surface area contributed by atoms with Crippen LogP contribution < -0.4 is 25.3 Å². The number of benzene rings is 1. The summed E-state index contributed by atoms with van der Waals surface area (Å²) < 4.78 is 26.8. The molecule has 0 aliphatic heterocycles. The van der Waals surface area contributed by atoms with Crippen molar-refractivity contribution in [2.45, 2.75) is 13.8 Å². The number of H-pyrrole nitrogens is 1. The molecule has 2 heterocycles. The molecule has 2 aromatic heterocycles. The Morgan fingerprint density at radius 2 is 1.73 bits per heavy atom. The summed E-state index contributed by atoms with van der Waals surface area (Å²) in [5.41, 5.74) is 0.232. The Bertz CT molecular complexity index is 1220. The van der Waals surface area contributed by atoms with Crippen molar-refractivity contribution in [3.63, 3.8) is 0 Å². The molecule has 0 aliphatic carbocycles. The van der Waals surface area contributed by atoms with Gasteiger partial charge in [0.25, 0.3) is 5.56 Å². The molecule has 30 heavy (non-hydrogen) atoms. The number of carbonyl (C=O) groups is 1. The van der Waals surface area contributed by atoms with Crippen LogP contribution in [-0.2, 0) is 4.74 Å². The summed E-state index contributed by atoms with van der Waals surface area (Å²) in [4.78, 5) is 28.3. The minimum absolute atomic E-state index is 0.0925. The Morgan fingerprint density at radius 1 is 1.10 bits per heavy atom. The standard InChI is InChI=1S/C21H22N2O7/c1-6-29-21(25)17-15(11-8-13(26-3)18(28-5)14(9-11)27-4)16-12(30-19(17)22)7-10(2)23-20(16)24/h7-9,22H,6H2,1-5H3,(H,23,24). The van der Waals surface area contributed by atoms with Gasteiger partial charge in [0.05, 0.1) is 33.3 Å². The fourth-order valence-electron chi connectivity index (χ4n) is 3.29. The lowest BCUT2D eigenvalue weighted by Crippen LogP contribution is -2.21. The van der Waals surface area contributed by atoms with E-state index in [2.05, 4.69) is 4.98 Å².